The van der Waals surface area contributed by atoms with Crippen molar-refractivity contribution in [1.82, 2.24) is 5.32 Å². The van der Waals surface area contributed by atoms with Crippen molar-refractivity contribution in [2.45, 2.75) is 39.3 Å². The summed E-state index contributed by atoms with van der Waals surface area (Å²) >= 11 is 0. The van der Waals surface area contributed by atoms with E-state index in [0.717, 1.165) is 0 Å². The Morgan fingerprint density at radius 3 is 2.25 bits per heavy atom. The summed E-state index contributed by atoms with van der Waals surface area (Å²) in [6, 6.07) is 6.03. The summed E-state index contributed by atoms with van der Waals surface area (Å²) in [6.45, 7) is 6.85. The second-order valence-corrected chi connectivity index (χ2v) is 5.48. The molecule has 0 aromatic heterocycles. The highest BCUT2D eigenvalue weighted by Crippen LogP contribution is 2.11. The molecule has 6 nitrogen and oxygen atoms in total. The van der Waals surface area contributed by atoms with Gasteiger partial charge in [-0.25, -0.2) is 4.79 Å². The molecule has 0 aliphatic rings. The first-order valence-corrected chi connectivity index (χ1v) is 6.33. The number of carbonyl (C=O) groups excluding carboxylic acids is 2. The van der Waals surface area contributed by atoms with E-state index in [2.05, 4.69) is 10.6 Å². The van der Waals surface area contributed by atoms with Crippen molar-refractivity contribution in [3.8, 4) is 0 Å². The van der Waals surface area contributed by atoms with Gasteiger partial charge in [0.1, 0.15) is 11.6 Å². The highest BCUT2D eigenvalue weighted by molar-refractivity contribution is 5.96. The van der Waals surface area contributed by atoms with E-state index in [0.29, 0.717) is 11.4 Å². The predicted octanol–water partition coefficient (Wildman–Crippen LogP) is 2.12. The molecule has 1 rings (SSSR count). The van der Waals surface area contributed by atoms with E-state index in [1.54, 1.807) is 52.0 Å². The summed E-state index contributed by atoms with van der Waals surface area (Å²) in [5, 5.41) is 5.14. The van der Waals surface area contributed by atoms with Crippen molar-refractivity contribution in [3.63, 3.8) is 0 Å². The second-order valence-electron chi connectivity index (χ2n) is 5.48. The van der Waals surface area contributed by atoms with Crippen LogP contribution in [0.2, 0.25) is 0 Å². The van der Waals surface area contributed by atoms with E-state index in [4.69, 9.17) is 10.5 Å². The average molecular weight is 279 g/mol. The standard InChI is InChI=1S/C14H21N3O3/c1-9(16-13(19)20-14(2,3)4)12(18)17-11-7-5-10(15)6-8-11/h5-9H,15H2,1-4H3,(H,16,19)(H,17,18). The van der Waals surface area contributed by atoms with Crippen LogP contribution in [0, 0.1) is 0 Å². The van der Waals surface area contributed by atoms with Crippen LogP contribution in [-0.2, 0) is 9.53 Å². The minimum atomic E-state index is -0.706. The maximum Gasteiger partial charge on any atom is 0.408 e. The fourth-order valence-corrected chi connectivity index (χ4v) is 1.37. The first-order valence-electron chi connectivity index (χ1n) is 6.33. The molecular formula is C14H21N3O3. The molecule has 0 radical (unpaired) electrons. The number of hydrogen-bond donors (Lipinski definition) is 3. The fourth-order valence-electron chi connectivity index (χ4n) is 1.37. The summed E-state index contributed by atoms with van der Waals surface area (Å²) < 4.78 is 5.08. The zero-order chi connectivity index (χ0) is 15.3. The molecule has 0 saturated heterocycles. The number of anilines is 2. The molecule has 4 N–H and O–H groups in total. The van der Waals surface area contributed by atoms with Gasteiger partial charge in [-0.3, -0.25) is 4.79 Å². The molecule has 20 heavy (non-hydrogen) atoms. The molecule has 0 aliphatic carbocycles. The van der Waals surface area contributed by atoms with Gasteiger partial charge >= 0.3 is 6.09 Å². The van der Waals surface area contributed by atoms with Crippen LogP contribution in [0.1, 0.15) is 27.7 Å². The van der Waals surface area contributed by atoms with Crippen LogP contribution < -0.4 is 16.4 Å². The van der Waals surface area contributed by atoms with Crippen LogP contribution in [0.3, 0.4) is 0 Å². The number of nitrogens with one attached hydrogen (secondary N) is 2. The van der Waals surface area contributed by atoms with Crippen LogP contribution in [0.4, 0.5) is 16.2 Å². The number of nitrogen functional groups attached to an aromatic ring is 1. The SMILES string of the molecule is CC(NC(=O)OC(C)(C)C)C(=O)Nc1ccc(N)cc1. The van der Waals surface area contributed by atoms with E-state index < -0.39 is 17.7 Å². The molecule has 0 bridgehead atoms. The van der Waals surface area contributed by atoms with Gasteiger partial charge in [0.15, 0.2) is 0 Å². The molecule has 1 aromatic carbocycles. The largest absolute Gasteiger partial charge is 0.444 e. The van der Waals surface area contributed by atoms with Crippen LogP contribution in [0.5, 0.6) is 0 Å². The van der Waals surface area contributed by atoms with Crippen molar-refractivity contribution >= 4 is 23.4 Å². The third-order valence-corrected chi connectivity index (χ3v) is 2.30. The number of nitrogens with two attached hydrogens (primary N) is 1. The first-order chi connectivity index (χ1) is 9.17. The van der Waals surface area contributed by atoms with Gasteiger partial charge in [-0.05, 0) is 52.0 Å². The molecule has 2 amide bonds. The minimum Gasteiger partial charge on any atom is -0.444 e. The number of ether oxygens (including phenoxy) is 1. The maximum atomic E-state index is 11.9. The highest BCUT2D eigenvalue weighted by Gasteiger charge is 2.20. The minimum absolute atomic E-state index is 0.333. The van der Waals surface area contributed by atoms with Gasteiger partial charge in [-0.1, -0.05) is 0 Å². The number of hydrogen-bond acceptors (Lipinski definition) is 4. The Kier molecular flexibility index (Phi) is 4.96. The lowest BCUT2D eigenvalue weighted by Gasteiger charge is -2.21. The van der Waals surface area contributed by atoms with E-state index in [-0.39, 0.29) is 5.91 Å². The van der Waals surface area contributed by atoms with Crippen molar-refractivity contribution in [2.24, 2.45) is 0 Å². The van der Waals surface area contributed by atoms with Gasteiger partial charge in [0.05, 0.1) is 0 Å². The molecule has 0 spiro atoms. The van der Waals surface area contributed by atoms with Crippen LogP contribution in [0.15, 0.2) is 24.3 Å². The second kappa shape index (κ2) is 6.27. The van der Waals surface area contributed by atoms with Crippen molar-refractivity contribution in [2.75, 3.05) is 11.1 Å². The predicted molar refractivity (Wildman–Crippen MR) is 78.3 cm³/mol. The Bertz CT molecular complexity index is 477. The molecule has 6 heteroatoms. The molecule has 110 valence electrons. The van der Waals surface area contributed by atoms with Crippen LogP contribution in [0.25, 0.3) is 0 Å². The lowest BCUT2D eigenvalue weighted by Crippen LogP contribution is -2.43. The quantitative estimate of drug-likeness (QED) is 0.739. The highest BCUT2D eigenvalue weighted by atomic mass is 16.6. The third kappa shape index (κ3) is 5.60. The van der Waals surface area contributed by atoms with Gasteiger partial charge < -0.3 is 21.1 Å². The Morgan fingerprint density at radius 2 is 1.75 bits per heavy atom. The third-order valence-electron chi connectivity index (χ3n) is 2.30. The fraction of sp³-hybridized carbons (Fsp3) is 0.429. The van der Waals surface area contributed by atoms with Crippen LogP contribution >= 0.6 is 0 Å². The van der Waals surface area contributed by atoms with Crippen molar-refractivity contribution < 1.29 is 14.3 Å². The zero-order valence-electron chi connectivity index (χ0n) is 12.2. The Morgan fingerprint density at radius 1 is 1.20 bits per heavy atom. The zero-order valence-corrected chi connectivity index (χ0v) is 12.2. The van der Waals surface area contributed by atoms with Gasteiger partial charge in [-0.2, -0.15) is 0 Å². The summed E-state index contributed by atoms with van der Waals surface area (Å²) in [5.74, 6) is -0.333. The summed E-state index contributed by atoms with van der Waals surface area (Å²) in [7, 11) is 0. The summed E-state index contributed by atoms with van der Waals surface area (Å²) in [5.41, 5.74) is 6.18. The van der Waals surface area contributed by atoms with E-state index >= 15 is 0 Å². The summed E-state index contributed by atoms with van der Waals surface area (Å²) in [4.78, 5) is 23.4. The molecular weight excluding hydrogens is 258 g/mol. The Hall–Kier alpha value is -2.24. The number of carbonyl (C=O) groups is 2. The molecule has 0 saturated carbocycles. The van der Waals surface area contributed by atoms with Crippen LogP contribution in [-0.4, -0.2) is 23.6 Å². The van der Waals surface area contributed by atoms with Crippen molar-refractivity contribution in [1.29, 1.82) is 0 Å². The number of rotatable bonds is 3. The molecule has 0 heterocycles. The van der Waals surface area contributed by atoms with Crippen molar-refractivity contribution in [3.05, 3.63) is 24.3 Å². The normalized spacial score (nSPS) is 12.4. The lowest BCUT2D eigenvalue weighted by atomic mass is 10.2. The number of amides is 2. The lowest BCUT2D eigenvalue weighted by molar-refractivity contribution is -0.117. The average Bonchev–Trinajstić information content (AvgIpc) is 2.29. The van der Waals surface area contributed by atoms with Gasteiger partial charge in [0, 0.05) is 11.4 Å². The molecule has 1 atom stereocenters. The number of alkyl carbamates (subject to hydrolysis) is 1. The molecule has 1 aromatic rings. The maximum absolute atomic E-state index is 11.9. The molecule has 1 unspecified atom stereocenters. The summed E-state index contributed by atoms with van der Waals surface area (Å²) in [6.07, 6.45) is -0.627. The number of benzene rings is 1. The first kappa shape index (κ1) is 15.8. The smallest absolute Gasteiger partial charge is 0.408 e. The topological polar surface area (TPSA) is 93.4 Å². The Labute approximate surface area is 118 Å². The van der Waals surface area contributed by atoms with E-state index in [1.807, 2.05) is 0 Å². The monoisotopic (exact) mass is 279 g/mol. The van der Waals surface area contributed by atoms with E-state index in [1.165, 1.54) is 0 Å². The van der Waals surface area contributed by atoms with Gasteiger partial charge in [0.25, 0.3) is 0 Å². The van der Waals surface area contributed by atoms with Gasteiger partial charge in [0.2, 0.25) is 5.91 Å². The molecule has 0 fully saturated rings. The Balaban J connectivity index is 2.51. The molecule has 0 aliphatic heterocycles. The van der Waals surface area contributed by atoms with Gasteiger partial charge in [-0.15, -0.1) is 0 Å². The van der Waals surface area contributed by atoms with E-state index in [9.17, 15) is 9.59 Å².